The predicted octanol–water partition coefficient (Wildman–Crippen LogP) is 7.31. The van der Waals surface area contributed by atoms with Crippen LogP contribution in [-0.4, -0.2) is 38.7 Å². The van der Waals surface area contributed by atoms with Gasteiger partial charge in [0.15, 0.2) is 0 Å². The molecule has 0 radical (unpaired) electrons. The Hall–Kier alpha value is -3.53. The van der Waals surface area contributed by atoms with E-state index in [4.69, 9.17) is 28.0 Å². The van der Waals surface area contributed by atoms with Crippen LogP contribution in [0.5, 0.6) is 0 Å². The number of amides is 1. The highest BCUT2D eigenvalue weighted by Crippen LogP contribution is 2.49. The molecule has 0 bridgehead atoms. The molecule has 1 atom stereocenters. The van der Waals surface area contributed by atoms with E-state index in [1.807, 2.05) is 5.32 Å². The Kier molecular flexibility index (Phi) is 7.71. The smallest absolute Gasteiger partial charge is 0.374 e. The molecule has 1 N–H and O–H groups in total. The normalized spacial score (nSPS) is 17.8. The lowest BCUT2D eigenvalue weighted by atomic mass is 9.86. The number of benzene rings is 2. The van der Waals surface area contributed by atoms with Crippen LogP contribution in [0.2, 0.25) is 10.0 Å². The molecule has 1 aliphatic heterocycles. The van der Waals surface area contributed by atoms with Gasteiger partial charge in [0.05, 0.1) is 5.71 Å². The first-order valence-electron chi connectivity index (χ1n) is 11.1. The van der Waals surface area contributed by atoms with Crippen molar-refractivity contribution in [3.05, 3.63) is 74.5 Å². The molecule has 1 unspecified atom stereocenters. The van der Waals surface area contributed by atoms with Crippen molar-refractivity contribution in [1.82, 2.24) is 14.8 Å². The van der Waals surface area contributed by atoms with Crippen LogP contribution in [0.25, 0.3) is 0 Å². The standard InChI is InChI=1S/C23H14Cl2F9N5O2/c1-10-4-11(16-8-20(41-38-16,23(32,33)34)12-5-13(24)7-14(25)6-12)2-3-15(10)17(40)35-19-36-18(22(29,30)31)39(37-19)9-21(26,27)28/h2-7H,8-9H2,1H3,(H,35,37,40). The molecule has 0 spiro atoms. The molecule has 0 aliphatic carbocycles. The summed E-state index contributed by atoms with van der Waals surface area (Å²) in [5.74, 6) is -4.11. The fourth-order valence-electron chi connectivity index (χ4n) is 4.00. The van der Waals surface area contributed by atoms with Crippen molar-refractivity contribution in [1.29, 1.82) is 0 Å². The van der Waals surface area contributed by atoms with Crippen LogP contribution in [0, 0.1) is 6.92 Å². The number of rotatable bonds is 5. The average Bonchev–Trinajstić information content (AvgIpc) is 3.42. The lowest BCUT2D eigenvalue weighted by Crippen LogP contribution is -2.42. The Bertz CT molecular complexity index is 1510. The van der Waals surface area contributed by atoms with Crippen LogP contribution in [0.1, 0.15) is 39.3 Å². The van der Waals surface area contributed by atoms with E-state index < -0.39 is 65.0 Å². The number of anilines is 1. The fourth-order valence-corrected chi connectivity index (χ4v) is 4.52. The Labute approximate surface area is 233 Å². The summed E-state index contributed by atoms with van der Waals surface area (Å²) < 4.78 is 120. The van der Waals surface area contributed by atoms with Crippen molar-refractivity contribution in [2.45, 2.75) is 44.0 Å². The summed E-state index contributed by atoms with van der Waals surface area (Å²) >= 11 is 11.8. The molecule has 0 saturated heterocycles. The molecule has 0 saturated carbocycles. The molecule has 3 aromatic rings. The van der Waals surface area contributed by atoms with Gasteiger partial charge < -0.3 is 4.84 Å². The quantitative estimate of drug-likeness (QED) is 0.299. The molecule has 2 aromatic carbocycles. The summed E-state index contributed by atoms with van der Waals surface area (Å²) in [5, 5.41) is 8.44. The highest BCUT2D eigenvalue weighted by molar-refractivity contribution is 6.34. The summed E-state index contributed by atoms with van der Waals surface area (Å²) in [4.78, 5) is 20.5. The van der Waals surface area contributed by atoms with E-state index in [2.05, 4.69) is 15.2 Å². The number of aryl methyl sites for hydroxylation is 1. The monoisotopic (exact) mass is 633 g/mol. The Balaban J connectivity index is 1.58. The largest absolute Gasteiger partial charge is 0.451 e. The van der Waals surface area contributed by atoms with Crippen molar-refractivity contribution in [3.63, 3.8) is 0 Å². The van der Waals surface area contributed by atoms with Crippen molar-refractivity contribution < 1.29 is 49.1 Å². The van der Waals surface area contributed by atoms with Gasteiger partial charge in [0.2, 0.25) is 11.8 Å². The van der Waals surface area contributed by atoms with Crippen LogP contribution < -0.4 is 5.32 Å². The fraction of sp³-hybridized carbons (Fsp3) is 0.304. The van der Waals surface area contributed by atoms with Crippen molar-refractivity contribution >= 4 is 40.8 Å². The minimum Gasteiger partial charge on any atom is -0.374 e. The number of hydrogen-bond acceptors (Lipinski definition) is 5. The second-order valence-electron chi connectivity index (χ2n) is 8.80. The number of oxime groups is 1. The summed E-state index contributed by atoms with van der Waals surface area (Å²) in [6.45, 7) is -0.747. The van der Waals surface area contributed by atoms with Crippen molar-refractivity contribution in [2.24, 2.45) is 5.16 Å². The van der Waals surface area contributed by atoms with Gasteiger partial charge >= 0.3 is 18.5 Å². The van der Waals surface area contributed by atoms with E-state index in [-0.39, 0.29) is 32.4 Å². The molecule has 1 amide bonds. The third-order valence-electron chi connectivity index (χ3n) is 5.80. The van der Waals surface area contributed by atoms with Crippen molar-refractivity contribution in [2.75, 3.05) is 5.32 Å². The van der Waals surface area contributed by atoms with Gasteiger partial charge in [-0.15, -0.1) is 5.10 Å². The van der Waals surface area contributed by atoms with Crippen LogP contribution >= 0.6 is 23.2 Å². The molecule has 18 heteroatoms. The van der Waals surface area contributed by atoms with Gasteiger partial charge in [0, 0.05) is 27.6 Å². The number of carbonyl (C=O) groups excluding carboxylic acids is 1. The number of aromatic nitrogens is 3. The molecule has 4 rings (SSSR count). The van der Waals surface area contributed by atoms with Gasteiger partial charge in [0.1, 0.15) is 6.54 Å². The van der Waals surface area contributed by atoms with Crippen molar-refractivity contribution in [3.8, 4) is 0 Å². The van der Waals surface area contributed by atoms with E-state index in [1.54, 1.807) is 0 Å². The predicted molar refractivity (Wildman–Crippen MR) is 127 cm³/mol. The zero-order valence-corrected chi connectivity index (χ0v) is 21.7. The maximum absolute atomic E-state index is 14.2. The van der Waals surface area contributed by atoms with Gasteiger partial charge in [-0.05, 0) is 48.4 Å². The van der Waals surface area contributed by atoms with Gasteiger partial charge in [-0.1, -0.05) is 34.4 Å². The number of carbonyl (C=O) groups is 1. The highest BCUT2D eigenvalue weighted by Gasteiger charge is 2.62. The molecular weight excluding hydrogens is 620 g/mol. The molecule has 7 nitrogen and oxygen atoms in total. The zero-order valence-electron chi connectivity index (χ0n) is 20.1. The highest BCUT2D eigenvalue weighted by atomic mass is 35.5. The van der Waals surface area contributed by atoms with E-state index in [0.717, 1.165) is 18.2 Å². The second kappa shape index (κ2) is 10.4. The lowest BCUT2D eigenvalue weighted by Gasteiger charge is -2.29. The lowest BCUT2D eigenvalue weighted by molar-refractivity contribution is -0.275. The Morgan fingerprint density at radius 1 is 1.02 bits per heavy atom. The Morgan fingerprint density at radius 3 is 2.20 bits per heavy atom. The average molecular weight is 634 g/mol. The van der Waals surface area contributed by atoms with Crippen LogP contribution in [0.4, 0.5) is 45.5 Å². The summed E-state index contributed by atoms with van der Waals surface area (Å²) in [6.07, 6.45) is -16.1. The number of nitrogens with zero attached hydrogens (tertiary/aromatic N) is 4. The molecule has 41 heavy (non-hydrogen) atoms. The maximum atomic E-state index is 14.2. The summed E-state index contributed by atoms with van der Waals surface area (Å²) in [6, 6.07) is 6.91. The molecule has 2 heterocycles. The molecule has 220 valence electrons. The minimum atomic E-state index is -5.30. The molecule has 1 aromatic heterocycles. The Morgan fingerprint density at radius 2 is 1.66 bits per heavy atom. The number of alkyl halides is 9. The SMILES string of the molecule is Cc1cc(C2=NOC(c3cc(Cl)cc(Cl)c3)(C(F)(F)F)C2)ccc1C(=O)Nc1nc(C(F)(F)F)n(CC(F)(F)F)n1. The first kappa shape index (κ1) is 30.4. The first-order valence-corrected chi connectivity index (χ1v) is 11.8. The van der Waals surface area contributed by atoms with Gasteiger partial charge in [0.25, 0.3) is 11.5 Å². The maximum Gasteiger partial charge on any atom is 0.451 e. The first-order chi connectivity index (χ1) is 18.8. The number of hydrogen-bond donors (Lipinski definition) is 1. The number of halogens is 11. The third-order valence-corrected chi connectivity index (χ3v) is 6.24. The van der Waals surface area contributed by atoms with Gasteiger partial charge in [-0.2, -0.15) is 44.5 Å². The van der Waals surface area contributed by atoms with Crippen LogP contribution in [-0.2, 0) is 23.2 Å². The van der Waals surface area contributed by atoms with Gasteiger partial charge in [-0.3, -0.25) is 10.1 Å². The van der Waals surface area contributed by atoms with E-state index in [9.17, 15) is 44.3 Å². The second-order valence-corrected chi connectivity index (χ2v) is 9.68. The number of nitrogens with one attached hydrogen (secondary N) is 1. The zero-order chi connectivity index (χ0) is 30.5. The molecule has 0 fully saturated rings. The van der Waals surface area contributed by atoms with E-state index >= 15 is 0 Å². The minimum absolute atomic E-state index is 0.0699. The molecule has 1 aliphatic rings. The van der Waals surface area contributed by atoms with Crippen LogP contribution in [0.3, 0.4) is 0 Å². The van der Waals surface area contributed by atoms with E-state index in [1.165, 1.54) is 25.1 Å². The summed E-state index contributed by atoms with van der Waals surface area (Å²) in [7, 11) is 0. The van der Waals surface area contributed by atoms with E-state index in [0.29, 0.717) is 0 Å². The third kappa shape index (κ3) is 6.37. The summed E-state index contributed by atoms with van der Waals surface area (Å²) in [5.41, 5.74) is -3.41. The topological polar surface area (TPSA) is 81.4 Å². The van der Waals surface area contributed by atoms with Crippen LogP contribution in [0.15, 0.2) is 41.6 Å². The molecular formula is C23H14Cl2F9N5O2. The van der Waals surface area contributed by atoms with Gasteiger partial charge in [-0.25, -0.2) is 4.68 Å².